The average Bonchev–Trinajstić information content (AvgIpc) is 2.99. The first-order valence-corrected chi connectivity index (χ1v) is 7.96. The van der Waals surface area contributed by atoms with Crippen LogP contribution in [0.1, 0.15) is 12.2 Å². The molecule has 11 heteroatoms. The van der Waals surface area contributed by atoms with E-state index < -0.39 is 12.0 Å². The monoisotopic (exact) mass is 355 g/mol. The van der Waals surface area contributed by atoms with Gasteiger partial charge in [0.25, 0.3) is 5.82 Å². The SMILES string of the molecule is FC(F)(F)c1nnc2ccc(SCCCNc3ncccn3)nn12. The van der Waals surface area contributed by atoms with Crippen LogP contribution in [-0.4, -0.2) is 42.1 Å². The van der Waals surface area contributed by atoms with Gasteiger partial charge in [0.2, 0.25) is 5.95 Å². The van der Waals surface area contributed by atoms with Crippen LogP contribution in [0.5, 0.6) is 0 Å². The number of thioether (sulfide) groups is 1. The number of halogens is 3. The molecule has 3 aromatic heterocycles. The van der Waals surface area contributed by atoms with E-state index in [0.29, 0.717) is 23.3 Å². The fourth-order valence-electron chi connectivity index (χ4n) is 1.87. The summed E-state index contributed by atoms with van der Waals surface area (Å²) in [7, 11) is 0. The normalized spacial score (nSPS) is 11.8. The molecule has 3 rings (SSSR count). The van der Waals surface area contributed by atoms with Crippen LogP contribution >= 0.6 is 11.8 Å². The van der Waals surface area contributed by atoms with Gasteiger partial charge >= 0.3 is 6.18 Å². The van der Waals surface area contributed by atoms with Crippen molar-refractivity contribution in [3.8, 4) is 0 Å². The molecule has 0 saturated heterocycles. The minimum absolute atomic E-state index is 0.0644. The molecule has 7 nitrogen and oxygen atoms in total. The zero-order chi connectivity index (χ0) is 17.0. The highest BCUT2D eigenvalue weighted by atomic mass is 32.2. The van der Waals surface area contributed by atoms with Gasteiger partial charge in [-0.3, -0.25) is 0 Å². The van der Waals surface area contributed by atoms with Crippen molar-refractivity contribution in [1.29, 1.82) is 0 Å². The molecule has 24 heavy (non-hydrogen) atoms. The van der Waals surface area contributed by atoms with Crippen molar-refractivity contribution in [2.24, 2.45) is 0 Å². The number of nitrogens with zero attached hydrogens (tertiary/aromatic N) is 6. The van der Waals surface area contributed by atoms with Gasteiger partial charge in [0.15, 0.2) is 5.65 Å². The molecule has 0 aliphatic rings. The van der Waals surface area contributed by atoms with Crippen LogP contribution < -0.4 is 5.32 Å². The lowest BCUT2D eigenvalue weighted by Gasteiger charge is -2.05. The number of rotatable bonds is 6. The maximum absolute atomic E-state index is 12.8. The predicted molar refractivity (Wildman–Crippen MR) is 81.6 cm³/mol. The van der Waals surface area contributed by atoms with Gasteiger partial charge in [0.05, 0.1) is 0 Å². The Kier molecular flexibility index (Phi) is 4.79. The molecule has 0 aromatic carbocycles. The molecular weight excluding hydrogens is 343 g/mol. The Labute approximate surface area is 138 Å². The van der Waals surface area contributed by atoms with E-state index >= 15 is 0 Å². The fraction of sp³-hybridized carbons (Fsp3) is 0.308. The number of aromatic nitrogens is 6. The first-order valence-electron chi connectivity index (χ1n) is 6.97. The Balaban J connectivity index is 1.55. The van der Waals surface area contributed by atoms with E-state index in [1.165, 1.54) is 17.8 Å². The van der Waals surface area contributed by atoms with Crippen LogP contribution in [0.4, 0.5) is 19.1 Å². The van der Waals surface area contributed by atoms with Crippen molar-refractivity contribution in [2.45, 2.75) is 17.6 Å². The Morgan fingerprint density at radius 3 is 2.67 bits per heavy atom. The number of hydrogen-bond donors (Lipinski definition) is 1. The molecule has 0 radical (unpaired) electrons. The molecule has 0 aliphatic heterocycles. The zero-order valence-corrected chi connectivity index (χ0v) is 13.0. The third-order valence-electron chi connectivity index (χ3n) is 2.91. The van der Waals surface area contributed by atoms with Gasteiger partial charge in [-0.15, -0.1) is 22.0 Å². The van der Waals surface area contributed by atoms with Crippen LogP contribution in [0.15, 0.2) is 35.6 Å². The Hall–Kier alpha value is -2.43. The summed E-state index contributed by atoms with van der Waals surface area (Å²) in [6, 6.07) is 4.82. The highest BCUT2D eigenvalue weighted by Gasteiger charge is 2.37. The first kappa shape index (κ1) is 16.4. The number of anilines is 1. The molecule has 0 amide bonds. The Bertz CT molecular complexity index is 806. The number of nitrogens with one attached hydrogen (secondary N) is 1. The molecule has 0 atom stereocenters. The van der Waals surface area contributed by atoms with Crippen molar-refractivity contribution in [3.63, 3.8) is 0 Å². The van der Waals surface area contributed by atoms with E-state index in [0.717, 1.165) is 10.9 Å². The largest absolute Gasteiger partial charge is 0.453 e. The average molecular weight is 355 g/mol. The lowest BCUT2D eigenvalue weighted by molar-refractivity contribution is -0.146. The molecule has 0 bridgehead atoms. The molecule has 0 saturated carbocycles. The number of hydrogen-bond acceptors (Lipinski definition) is 7. The van der Waals surface area contributed by atoms with Crippen LogP contribution in [0.2, 0.25) is 0 Å². The molecule has 0 fully saturated rings. The van der Waals surface area contributed by atoms with Gasteiger partial charge in [0, 0.05) is 24.7 Å². The minimum atomic E-state index is -4.59. The van der Waals surface area contributed by atoms with Gasteiger partial charge in [0.1, 0.15) is 5.03 Å². The van der Waals surface area contributed by atoms with Gasteiger partial charge in [-0.05, 0) is 24.6 Å². The fourth-order valence-corrected chi connectivity index (χ4v) is 2.67. The second-order valence-corrected chi connectivity index (χ2v) is 5.78. The summed E-state index contributed by atoms with van der Waals surface area (Å²) in [5, 5.41) is 14.1. The quantitative estimate of drug-likeness (QED) is 0.537. The summed E-state index contributed by atoms with van der Waals surface area (Å²) >= 11 is 1.36. The smallest absolute Gasteiger partial charge is 0.354 e. The summed E-state index contributed by atoms with van der Waals surface area (Å²) in [5.41, 5.74) is 0.0644. The minimum Gasteiger partial charge on any atom is -0.354 e. The van der Waals surface area contributed by atoms with Gasteiger partial charge in [-0.2, -0.15) is 22.8 Å². The van der Waals surface area contributed by atoms with Crippen LogP contribution in [-0.2, 0) is 6.18 Å². The van der Waals surface area contributed by atoms with E-state index in [2.05, 4.69) is 30.6 Å². The van der Waals surface area contributed by atoms with Crippen molar-refractivity contribution >= 4 is 23.4 Å². The third kappa shape index (κ3) is 3.91. The van der Waals surface area contributed by atoms with Crippen molar-refractivity contribution < 1.29 is 13.2 Å². The summed E-state index contributed by atoms with van der Waals surface area (Å²) in [6.07, 6.45) is -0.534. The zero-order valence-electron chi connectivity index (χ0n) is 12.2. The topological polar surface area (TPSA) is 80.9 Å². The molecule has 0 unspecified atom stereocenters. The van der Waals surface area contributed by atoms with E-state index in [9.17, 15) is 13.2 Å². The van der Waals surface area contributed by atoms with Crippen molar-refractivity contribution in [2.75, 3.05) is 17.6 Å². The third-order valence-corrected chi connectivity index (χ3v) is 3.92. The molecule has 3 aromatic rings. The highest BCUT2D eigenvalue weighted by molar-refractivity contribution is 7.99. The lowest BCUT2D eigenvalue weighted by atomic mass is 10.5. The molecule has 1 N–H and O–H groups in total. The maximum atomic E-state index is 12.8. The van der Waals surface area contributed by atoms with Gasteiger partial charge in [-0.25, -0.2) is 9.97 Å². The summed E-state index contributed by atoms with van der Waals surface area (Å²) in [5.74, 6) is 0.103. The summed E-state index contributed by atoms with van der Waals surface area (Å²) in [6.45, 7) is 0.652. The van der Waals surface area contributed by atoms with Crippen molar-refractivity contribution in [3.05, 3.63) is 36.4 Å². The lowest BCUT2D eigenvalue weighted by Crippen LogP contribution is -2.12. The first-order chi connectivity index (χ1) is 11.5. The Morgan fingerprint density at radius 2 is 1.92 bits per heavy atom. The van der Waals surface area contributed by atoms with Crippen LogP contribution in [0, 0.1) is 0 Å². The standard InChI is InChI=1S/C13H12F3N7S/c14-13(15,16)11-21-20-9-3-4-10(22-23(9)11)24-8-2-7-19-12-17-5-1-6-18-12/h1,3-6H,2,7-8H2,(H,17,18,19). The van der Waals surface area contributed by atoms with E-state index in [1.54, 1.807) is 24.5 Å². The summed E-state index contributed by atoms with van der Waals surface area (Å²) in [4.78, 5) is 8.06. The molecule has 3 heterocycles. The van der Waals surface area contributed by atoms with Crippen molar-refractivity contribution in [1.82, 2.24) is 29.8 Å². The predicted octanol–water partition coefficient (Wildman–Crippen LogP) is 2.53. The highest BCUT2D eigenvalue weighted by Crippen LogP contribution is 2.28. The second kappa shape index (κ2) is 6.99. The van der Waals surface area contributed by atoms with E-state index in [1.807, 2.05) is 0 Å². The van der Waals surface area contributed by atoms with E-state index in [-0.39, 0.29) is 5.65 Å². The van der Waals surface area contributed by atoms with E-state index in [4.69, 9.17) is 0 Å². The van der Waals surface area contributed by atoms with Gasteiger partial charge < -0.3 is 5.32 Å². The molecule has 126 valence electrons. The Morgan fingerprint density at radius 1 is 1.12 bits per heavy atom. The van der Waals surface area contributed by atoms with Crippen LogP contribution in [0.3, 0.4) is 0 Å². The van der Waals surface area contributed by atoms with Gasteiger partial charge in [-0.1, -0.05) is 0 Å². The molecule has 0 aliphatic carbocycles. The summed E-state index contributed by atoms with van der Waals surface area (Å²) < 4.78 is 39.1. The number of alkyl halides is 3. The van der Waals surface area contributed by atoms with Crippen LogP contribution in [0.25, 0.3) is 5.65 Å². The molecule has 0 spiro atoms. The second-order valence-electron chi connectivity index (χ2n) is 4.66. The number of fused-ring (bicyclic) bond motifs is 1. The maximum Gasteiger partial charge on any atom is 0.453 e. The molecular formula is C13H12F3N7S.